The number of nitrogens with zero attached hydrogens (tertiary/aromatic N) is 1. The first-order chi connectivity index (χ1) is 12.0. The summed E-state index contributed by atoms with van der Waals surface area (Å²) in [5, 5.41) is 3.55. The van der Waals surface area contributed by atoms with E-state index in [0.717, 1.165) is 15.8 Å². The van der Waals surface area contributed by atoms with Crippen LogP contribution in [0.15, 0.2) is 42.5 Å². The largest absolute Gasteiger partial charge is 0.325 e. The smallest absolute Gasteiger partial charge is 0.238 e. The Hall–Kier alpha value is -2.45. The molecule has 1 aliphatic rings. The van der Waals surface area contributed by atoms with Gasteiger partial charge < -0.3 is 5.32 Å². The fourth-order valence-corrected chi connectivity index (χ4v) is 4.55. The maximum absolute atomic E-state index is 12.5. The molecular weight excluding hydrogens is 358 g/mol. The molecule has 0 bridgehead atoms. The van der Waals surface area contributed by atoms with Gasteiger partial charge in [-0.2, -0.15) is 0 Å². The number of nitrogens with one attached hydrogen (secondary N) is 2. The Morgan fingerprint density at radius 3 is 2.80 bits per heavy atom. The maximum Gasteiger partial charge on any atom is 0.238 e. The van der Waals surface area contributed by atoms with E-state index >= 15 is 0 Å². The van der Waals surface area contributed by atoms with Crippen molar-refractivity contribution in [3.8, 4) is 0 Å². The molecule has 0 saturated heterocycles. The van der Waals surface area contributed by atoms with Gasteiger partial charge in [0.15, 0.2) is 0 Å². The summed E-state index contributed by atoms with van der Waals surface area (Å²) in [6.45, 7) is 1.57. The van der Waals surface area contributed by atoms with Crippen molar-refractivity contribution in [2.24, 2.45) is 0 Å². The van der Waals surface area contributed by atoms with Crippen LogP contribution < -0.4 is 10.0 Å². The normalized spacial score (nSPS) is 16.7. The molecule has 2 N–H and O–H groups in total. The van der Waals surface area contributed by atoms with Crippen molar-refractivity contribution in [2.75, 3.05) is 15.8 Å². The Morgan fingerprint density at radius 1 is 1.24 bits per heavy atom. The first-order valence-corrected chi connectivity index (χ1v) is 10.2. The first kappa shape index (κ1) is 16.0. The lowest BCUT2D eigenvalue weighted by molar-refractivity contribution is -0.116. The topological polar surface area (TPSA) is 88.2 Å². The van der Waals surface area contributed by atoms with E-state index in [9.17, 15) is 13.2 Å². The van der Waals surface area contributed by atoms with Crippen molar-refractivity contribution in [3.63, 3.8) is 0 Å². The molecule has 1 amide bonds. The van der Waals surface area contributed by atoms with Gasteiger partial charge in [-0.05, 0) is 42.8 Å². The van der Waals surface area contributed by atoms with Crippen molar-refractivity contribution >= 4 is 48.9 Å². The van der Waals surface area contributed by atoms with Gasteiger partial charge >= 0.3 is 0 Å². The number of para-hydroxylation sites is 1. The van der Waals surface area contributed by atoms with Gasteiger partial charge in [-0.3, -0.25) is 9.52 Å². The number of rotatable bonds is 4. The third kappa shape index (κ3) is 2.87. The molecule has 2 aromatic carbocycles. The van der Waals surface area contributed by atoms with E-state index in [1.807, 2.05) is 24.3 Å². The molecule has 1 atom stereocenters. The monoisotopic (exact) mass is 373 g/mol. The molecule has 0 saturated carbocycles. The maximum atomic E-state index is 12.5. The summed E-state index contributed by atoms with van der Waals surface area (Å²) in [6, 6.07) is 12.8. The number of fused-ring (bicyclic) bond motifs is 2. The minimum Gasteiger partial charge on any atom is -0.325 e. The van der Waals surface area contributed by atoms with E-state index in [-0.39, 0.29) is 11.7 Å². The molecule has 0 spiro atoms. The molecule has 3 aromatic rings. The molecule has 128 valence electrons. The summed E-state index contributed by atoms with van der Waals surface area (Å²) in [6.07, 6.45) is 0. The average molecular weight is 373 g/mol. The van der Waals surface area contributed by atoms with Crippen molar-refractivity contribution in [1.29, 1.82) is 0 Å². The van der Waals surface area contributed by atoms with E-state index in [1.54, 1.807) is 25.1 Å². The van der Waals surface area contributed by atoms with Crippen LogP contribution in [0.3, 0.4) is 0 Å². The summed E-state index contributed by atoms with van der Waals surface area (Å²) in [5.74, 6) is -0.689. The zero-order valence-electron chi connectivity index (χ0n) is 13.3. The van der Waals surface area contributed by atoms with Gasteiger partial charge in [-0.15, -0.1) is 11.3 Å². The SMILES string of the molecule is CCS(=O)(=O)Nc1ccc2c(c1)C(c1nc3ccccc3s1)C(=O)N2. The summed E-state index contributed by atoms with van der Waals surface area (Å²) in [5.41, 5.74) is 2.73. The number of benzene rings is 2. The van der Waals surface area contributed by atoms with E-state index in [4.69, 9.17) is 0 Å². The van der Waals surface area contributed by atoms with E-state index < -0.39 is 15.9 Å². The van der Waals surface area contributed by atoms with Crippen LogP contribution in [0, 0.1) is 0 Å². The Labute approximate surface area is 149 Å². The number of carbonyl (C=O) groups excluding carboxylic acids is 1. The summed E-state index contributed by atoms with van der Waals surface area (Å²) in [7, 11) is -3.37. The van der Waals surface area contributed by atoms with Gasteiger partial charge in [-0.1, -0.05) is 12.1 Å². The summed E-state index contributed by atoms with van der Waals surface area (Å²) >= 11 is 1.47. The average Bonchev–Trinajstić information content (AvgIpc) is 3.13. The van der Waals surface area contributed by atoms with Gasteiger partial charge in [0.1, 0.15) is 10.9 Å². The zero-order valence-corrected chi connectivity index (χ0v) is 14.9. The van der Waals surface area contributed by atoms with Gasteiger partial charge in [-0.25, -0.2) is 13.4 Å². The number of hydrogen-bond donors (Lipinski definition) is 2. The predicted octanol–water partition coefficient (Wildman–Crippen LogP) is 3.14. The molecule has 2 heterocycles. The standard InChI is InChI=1S/C17H15N3O3S2/c1-2-25(22,23)20-10-7-8-12-11(9-10)15(16(21)18-12)17-19-13-5-3-4-6-14(13)24-17/h3-9,15,20H,2H2,1H3,(H,18,21). The number of hydrogen-bond acceptors (Lipinski definition) is 5. The molecular formula is C17H15N3O3S2. The minimum atomic E-state index is -3.37. The number of aromatic nitrogens is 1. The van der Waals surface area contributed by atoms with E-state index in [2.05, 4.69) is 15.0 Å². The molecule has 1 aliphatic heterocycles. The number of anilines is 2. The van der Waals surface area contributed by atoms with Crippen LogP contribution >= 0.6 is 11.3 Å². The number of amides is 1. The second kappa shape index (κ2) is 5.82. The van der Waals surface area contributed by atoms with Crippen molar-refractivity contribution in [2.45, 2.75) is 12.8 Å². The number of sulfonamides is 1. The zero-order chi connectivity index (χ0) is 17.6. The molecule has 8 heteroatoms. The predicted molar refractivity (Wildman–Crippen MR) is 99.6 cm³/mol. The molecule has 25 heavy (non-hydrogen) atoms. The minimum absolute atomic E-state index is 0.0113. The highest BCUT2D eigenvalue weighted by atomic mass is 32.2. The van der Waals surface area contributed by atoms with E-state index in [1.165, 1.54) is 11.3 Å². The third-order valence-electron chi connectivity index (χ3n) is 4.09. The van der Waals surface area contributed by atoms with Crippen molar-refractivity contribution in [3.05, 3.63) is 53.0 Å². The molecule has 1 unspecified atom stereocenters. The van der Waals surface area contributed by atoms with Crippen LogP contribution in [0.2, 0.25) is 0 Å². The number of carbonyl (C=O) groups is 1. The van der Waals surface area contributed by atoms with Gasteiger partial charge in [0, 0.05) is 11.4 Å². The lowest BCUT2D eigenvalue weighted by Crippen LogP contribution is -2.15. The summed E-state index contributed by atoms with van der Waals surface area (Å²) < 4.78 is 27.1. The summed E-state index contributed by atoms with van der Waals surface area (Å²) in [4.78, 5) is 17.1. The third-order valence-corrected chi connectivity index (χ3v) is 6.50. The number of thiazole rings is 1. The van der Waals surface area contributed by atoms with Gasteiger partial charge in [0.05, 0.1) is 16.0 Å². The Balaban J connectivity index is 1.77. The van der Waals surface area contributed by atoms with Crippen LogP contribution in [0.25, 0.3) is 10.2 Å². The van der Waals surface area contributed by atoms with Gasteiger partial charge in [0.2, 0.25) is 15.9 Å². The molecule has 1 aromatic heterocycles. The Bertz CT molecular complexity index is 1060. The van der Waals surface area contributed by atoms with Crippen LogP contribution in [0.5, 0.6) is 0 Å². The molecule has 6 nitrogen and oxygen atoms in total. The van der Waals surface area contributed by atoms with Crippen molar-refractivity contribution in [1.82, 2.24) is 4.98 Å². The fraction of sp³-hybridized carbons (Fsp3) is 0.176. The molecule has 4 rings (SSSR count). The highest BCUT2D eigenvalue weighted by Gasteiger charge is 2.34. The highest BCUT2D eigenvalue weighted by molar-refractivity contribution is 7.92. The lowest BCUT2D eigenvalue weighted by Gasteiger charge is -2.09. The van der Waals surface area contributed by atoms with Crippen LogP contribution in [0.1, 0.15) is 23.4 Å². The highest BCUT2D eigenvalue weighted by Crippen LogP contribution is 2.41. The second-order valence-corrected chi connectivity index (χ2v) is 8.82. The molecule has 0 aliphatic carbocycles. The van der Waals surface area contributed by atoms with Gasteiger partial charge in [0.25, 0.3) is 0 Å². The first-order valence-electron chi connectivity index (χ1n) is 7.77. The van der Waals surface area contributed by atoms with E-state index in [0.29, 0.717) is 16.4 Å². The molecule has 0 fully saturated rings. The fourth-order valence-electron chi connectivity index (χ4n) is 2.84. The Kier molecular flexibility index (Phi) is 3.73. The lowest BCUT2D eigenvalue weighted by atomic mass is 10.0. The van der Waals surface area contributed by atoms with Crippen molar-refractivity contribution < 1.29 is 13.2 Å². The quantitative estimate of drug-likeness (QED) is 0.735. The second-order valence-electron chi connectivity index (χ2n) is 5.75. The molecule has 0 radical (unpaired) electrons. The van der Waals surface area contributed by atoms with Crippen LogP contribution in [-0.2, 0) is 14.8 Å². The van der Waals surface area contributed by atoms with Crippen LogP contribution in [-0.4, -0.2) is 25.1 Å². The Morgan fingerprint density at radius 2 is 2.04 bits per heavy atom. The van der Waals surface area contributed by atoms with Crippen LogP contribution in [0.4, 0.5) is 11.4 Å².